The minimum Gasteiger partial charge on any atom is -0.507 e. The summed E-state index contributed by atoms with van der Waals surface area (Å²) in [5.41, 5.74) is 2.20. The zero-order chi connectivity index (χ0) is 25.1. The first kappa shape index (κ1) is 23.6. The largest absolute Gasteiger partial charge is 0.507 e. The molecule has 3 aromatic carbocycles. The van der Waals surface area contributed by atoms with Crippen molar-refractivity contribution in [1.29, 1.82) is 0 Å². The number of benzene rings is 3. The summed E-state index contributed by atoms with van der Waals surface area (Å²) >= 11 is 3.38. The first-order valence-electron chi connectivity index (χ1n) is 11.3. The van der Waals surface area contributed by atoms with Crippen LogP contribution in [0.5, 0.6) is 5.75 Å². The summed E-state index contributed by atoms with van der Waals surface area (Å²) in [6.07, 6.45) is 1.52. The molecule has 7 heteroatoms. The average molecular weight is 544 g/mol. The molecule has 1 amide bonds. The number of carbonyl (C=O) groups excluding carboxylic acids is 2. The van der Waals surface area contributed by atoms with Crippen molar-refractivity contribution in [2.75, 3.05) is 0 Å². The van der Waals surface area contributed by atoms with Crippen LogP contribution in [0.1, 0.15) is 28.5 Å². The number of nitrogens with zero attached hydrogens (tertiary/aromatic N) is 1. The van der Waals surface area contributed by atoms with Crippen molar-refractivity contribution in [3.05, 3.63) is 130 Å². The van der Waals surface area contributed by atoms with Crippen molar-refractivity contribution in [2.45, 2.75) is 19.2 Å². The number of Topliss-reactive ketones (excluding diaryl/α,β-unsaturated/α-hetero) is 1. The Bertz CT molecular complexity index is 1390. The highest BCUT2D eigenvalue weighted by Gasteiger charge is 2.46. The lowest BCUT2D eigenvalue weighted by Gasteiger charge is -2.24. The van der Waals surface area contributed by atoms with Gasteiger partial charge in [-0.15, -0.1) is 0 Å². The van der Waals surface area contributed by atoms with Gasteiger partial charge in [-0.25, -0.2) is 0 Å². The molecule has 1 aliphatic heterocycles. The molecule has 1 aliphatic rings. The predicted molar refractivity (Wildman–Crippen MR) is 138 cm³/mol. The molecule has 2 heterocycles. The molecule has 0 unspecified atom stereocenters. The Balaban J connectivity index is 1.50. The molecular weight excluding hydrogens is 522 g/mol. The fraction of sp³-hybridized carbons (Fsp3) is 0.103. The number of carbonyl (C=O) groups is 2. The normalized spacial score (nSPS) is 16.9. The van der Waals surface area contributed by atoms with Crippen LogP contribution in [-0.4, -0.2) is 21.7 Å². The Labute approximate surface area is 216 Å². The van der Waals surface area contributed by atoms with E-state index in [1.165, 1.54) is 11.2 Å². The van der Waals surface area contributed by atoms with Gasteiger partial charge in [0.2, 0.25) is 0 Å². The summed E-state index contributed by atoms with van der Waals surface area (Å²) in [6.45, 7) is 0.506. The van der Waals surface area contributed by atoms with E-state index in [-0.39, 0.29) is 17.9 Å². The van der Waals surface area contributed by atoms with Gasteiger partial charge < -0.3 is 19.2 Å². The van der Waals surface area contributed by atoms with E-state index in [1.807, 2.05) is 30.3 Å². The third-order valence-corrected chi connectivity index (χ3v) is 6.54. The number of hydrogen-bond acceptors (Lipinski definition) is 5. The van der Waals surface area contributed by atoms with E-state index < -0.39 is 17.7 Å². The maximum Gasteiger partial charge on any atom is 0.296 e. The number of ether oxygens (including phenoxy) is 1. The molecule has 180 valence electrons. The maximum atomic E-state index is 13.2. The van der Waals surface area contributed by atoms with E-state index in [4.69, 9.17) is 9.15 Å². The molecule has 0 spiro atoms. The van der Waals surface area contributed by atoms with Gasteiger partial charge in [0.15, 0.2) is 0 Å². The van der Waals surface area contributed by atoms with Crippen molar-refractivity contribution in [1.82, 2.24) is 4.90 Å². The number of amides is 1. The van der Waals surface area contributed by atoms with Crippen LogP contribution in [0.25, 0.3) is 5.76 Å². The number of hydrogen-bond donors (Lipinski definition) is 1. The Morgan fingerprint density at radius 2 is 1.64 bits per heavy atom. The van der Waals surface area contributed by atoms with Gasteiger partial charge in [-0.05, 0) is 47.5 Å². The number of halogens is 1. The number of aliphatic hydroxyl groups excluding tert-OH is 1. The van der Waals surface area contributed by atoms with Crippen molar-refractivity contribution in [2.24, 2.45) is 0 Å². The molecule has 0 aliphatic carbocycles. The van der Waals surface area contributed by atoms with E-state index in [1.54, 1.807) is 60.7 Å². The highest BCUT2D eigenvalue weighted by Crippen LogP contribution is 2.40. The maximum absolute atomic E-state index is 13.2. The van der Waals surface area contributed by atoms with E-state index in [0.29, 0.717) is 29.2 Å². The molecule has 1 saturated heterocycles. The molecule has 4 aromatic rings. The molecule has 1 N–H and O–H groups in total. The molecule has 1 atom stereocenters. The van der Waals surface area contributed by atoms with Crippen molar-refractivity contribution in [3.63, 3.8) is 0 Å². The zero-order valence-electron chi connectivity index (χ0n) is 19.1. The molecule has 1 fully saturated rings. The molecule has 0 bridgehead atoms. The second-order valence-electron chi connectivity index (χ2n) is 8.36. The Morgan fingerprint density at radius 3 is 2.31 bits per heavy atom. The van der Waals surface area contributed by atoms with Gasteiger partial charge in [0, 0.05) is 10.0 Å². The van der Waals surface area contributed by atoms with Crippen LogP contribution in [0.2, 0.25) is 0 Å². The molecule has 5 rings (SSSR count). The topological polar surface area (TPSA) is 80.0 Å². The van der Waals surface area contributed by atoms with Gasteiger partial charge in [0.1, 0.15) is 23.9 Å². The highest BCUT2D eigenvalue weighted by atomic mass is 79.9. The summed E-state index contributed by atoms with van der Waals surface area (Å²) in [6, 6.07) is 26.6. The van der Waals surface area contributed by atoms with Gasteiger partial charge in [0.05, 0.1) is 24.4 Å². The number of furan rings is 1. The minimum absolute atomic E-state index is 0.0341. The summed E-state index contributed by atoms with van der Waals surface area (Å²) < 4.78 is 12.2. The Hall–Kier alpha value is -4.10. The fourth-order valence-corrected chi connectivity index (χ4v) is 4.47. The Morgan fingerprint density at radius 1 is 0.917 bits per heavy atom. The number of likely N-dealkylation sites (tertiary alicyclic amines) is 1. The van der Waals surface area contributed by atoms with E-state index in [9.17, 15) is 14.7 Å². The van der Waals surface area contributed by atoms with Crippen molar-refractivity contribution < 1.29 is 23.8 Å². The van der Waals surface area contributed by atoms with E-state index in [0.717, 1.165) is 10.0 Å². The summed E-state index contributed by atoms with van der Waals surface area (Å²) in [7, 11) is 0. The van der Waals surface area contributed by atoms with Crippen LogP contribution in [0.15, 0.2) is 112 Å². The van der Waals surface area contributed by atoms with Gasteiger partial charge >= 0.3 is 0 Å². The van der Waals surface area contributed by atoms with Gasteiger partial charge in [-0.1, -0.05) is 70.5 Å². The molecule has 0 saturated carbocycles. The second kappa shape index (κ2) is 10.3. The molecule has 36 heavy (non-hydrogen) atoms. The molecule has 6 nitrogen and oxygen atoms in total. The van der Waals surface area contributed by atoms with Gasteiger partial charge in [0.25, 0.3) is 11.7 Å². The SMILES string of the molecule is O=C1C(=O)N(Cc2ccco2)[C@@H](c2ccc(OCc3ccccc3)cc2)C1=C(O)c1ccc(Br)cc1. The lowest BCUT2D eigenvalue weighted by Crippen LogP contribution is -2.29. The fourth-order valence-electron chi connectivity index (χ4n) is 4.21. The third-order valence-electron chi connectivity index (χ3n) is 6.01. The van der Waals surface area contributed by atoms with Crippen LogP contribution in [-0.2, 0) is 22.7 Å². The van der Waals surface area contributed by atoms with Crippen LogP contribution < -0.4 is 4.74 Å². The highest BCUT2D eigenvalue weighted by molar-refractivity contribution is 9.10. The van der Waals surface area contributed by atoms with Gasteiger partial charge in [-0.3, -0.25) is 9.59 Å². The summed E-state index contributed by atoms with van der Waals surface area (Å²) in [5, 5.41) is 11.2. The van der Waals surface area contributed by atoms with Crippen molar-refractivity contribution >= 4 is 33.4 Å². The molecule has 0 radical (unpaired) electrons. The number of ketones is 1. The van der Waals surface area contributed by atoms with Gasteiger partial charge in [-0.2, -0.15) is 0 Å². The minimum atomic E-state index is -0.790. The van der Waals surface area contributed by atoms with Crippen LogP contribution >= 0.6 is 15.9 Å². The third kappa shape index (κ3) is 4.83. The first-order chi connectivity index (χ1) is 17.5. The number of aliphatic hydroxyl groups is 1. The van der Waals surface area contributed by atoms with E-state index in [2.05, 4.69) is 15.9 Å². The smallest absolute Gasteiger partial charge is 0.296 e. The molecular formula is C29H22BrNO5. The second-order valence-corrected chi connectivity index (χ2v) is 9.27. The Kier molecular flexibility index (Phi) is 6.73. The molecule has 1 aromatic heterocycles. The average Bonchev–Trinajstić information content (AvgIpc) is 3.51. The quantitative estimate of drug-likeness (QED) is 0.169. The van der Waals surface area contributed by atoms with E-state index >= 15 is 0 Å². The standard InChI is InChI=1S/C29H22BrNO5/c30-22-12-8-21(9-13-22)27(32)25-26(31(29(34)28(25)33)17-24-7-4-16-35-24)20-10-14-23(15-11-20)36-18-19-5-2-1-3-6-19/h1-16,26,32H,17-18H2/t26-/m0/s1. The number of rotatable bonds is 7. The zero-order valence-corrected chi connectivity index (χ0v) is 20.7. The lowest BCUT2D eigenvalue weighted by atomic mass is 9.95. The predicted octanol–water partition coefficient (Wildman–Crippen LogP) is 6.24. The van der Waals surface area contributed by atoms with Crippen LogP contribution in [0.3, 0.4) is 0 Å². The first-order valence-corrected chi connectivity index (χ1v) is 12.1. The van der Waals surface area contributed by atoms with Crippen molar-refractivity contribution in [3.8, 4) is 5.75 Å². The summed E-state index contributed by atoms with van der Waals surface area (Å²) in [4.78, 5) is 27.7. The summed E-state index contributed by atoms with van der Waals surface area (Å²) in [5.74, 6) is -0.472. The van der Waals surface area contributed by atoms with Crippen LogP contribution in [0, 0.1) is 0 Å². The lowest BCUT2D eigenvalue weighted by molar-refractivity contribution is -0.140. The monoisotopic (exact) mass is 543 g/mol. The van der Waals surface area contributed by atoms with Crippen LogP contribution in [0.4, 0.5) is 0 Å².